The molecule has 1 aliphatic rings. The molecule has 0 bridgehead atoms. The highest BCUT2D eigenvalue weighted by molar-refractivity contribution is 5.84. The van der Waals surface area contributed by atoms with Gasteiger partial charge in [0.25, 0.3) is 0 Å². The summed E-state index contributed by atoms with van der Waals surface area (Å²) in [5.74, 6) is -1.79. The van der Waals surface area contributed by atoms with Crippen LogP contribution in [-0.2, 0) is 9.59 Å². The minimum atomic E-state index is -4.92. The van der Waals surface area contributed by atoms with Crippen LogP contribution in [0.4, 0.5) is 13.2 Å². The predicted octanol–water partition coefficient (Wildman–Crippen LogP) is 2.20. The van der Waals surface area contributed by atoms with E-state index in [1.807, 2.05) is 0 Å². The largest absolute Gasteiger partial charge is 0.471 e. The maximum Gasteiger partial charge on any atom is 0.471 e. The maximum atomic E-state index is 12.0. The van der Waals surface area contributed by atoms with Crippen LogP contribution in [0.25, 0.3) is 0 Å². The summed E-state index contributed by atoms with van der Waals surface area (Å²) in [5.41, 5.74) is 0. The van der Waals surface area contributed by atoms with E-state index in [1.54, 1.807) is 5.32 Å². The maximum absolute atomic E-state index is 12.0. The third kappa shape index (κ3) is 4.75. The van der Waals surface area contributed by atoms with E-state index in [1.165, 1.54) is 0 Å². The summed E-state index contributed by atoms with van der Waals surface area (Å²) in [4.78, 5) is 21.3. The van der Waals surface area contributed by atoms with E-state index in [9.17, 15) is 22.8 Å². The molecule has 1 amide bonds. The van der Waals surface area contributed by atoms with Gasteiger partial charge < -0.3 is 10.1 Å². The second-order valence-electron chi connectivity index (χ2n) is 4.45. The van der Waals surface area contributed by atoms with Crippen molar-refractivity contribution >= 4 is 12.2 Å². The van der Waals surface area contributed by atoms with Crippen molar-refractivity contribution in [3.63, 3.8) is 0 Å². The number of aldehydes is 1. The molecule has 0 aromatic carbocycles. The molecule has 0 aromatic heterocycles. The first-order chi connectivity index (χ1) is 7.93. The highest BCUT2D eigenvalue weighted by Crippen LogP contribution is 2.27. The lowest BCUT2D eigenvalue weighted by molar-refractivity contribution is -0.174. The molecule has 0 unspecified atom stereocenters. The minimum absolute atomic E-state index is 0.243. The molecule has 0 heterocycles. The van der Waals surface area contributed by atoms with Crippen LogP contribution in [0.2, 0.25) is 0 Å². The lowest BCUT2D eigenvalue weighted by Gasteiger charge is -2.24. The number of carbonyl (C=O) groups excluding carboxylic acids is 2. The summed E-state index contributed by atoms with van der Waals surface area (Å²) < 4.78 is 36.0. The molecular weight excluding hydrogens is 235 g/mol. The van der Waals surface area contributed by atoms with Crippen LogP contribution in [0.3, 0.4) is 0 Å². The molecule has 3 nitrogen and oxygen atoms in total. The van der Waals surface area contributed by atoms with Crippen molar-refractivity contribution in [2.75, 3.05) is 0 Å². The van der Waals surface area contributed by atoms with Gasteiger partial charge in [0.2, 0.25) is 0 Å². The lowest BCUT2D eigenvalue weighted by atomic mass is 9.85. The SMILES string of the molecule is O=C[C@H](CC1CCCCC1)NC(=O)C(F)(F)F. The zero-order chi connectivity index (χ0) is 12.9. The van der Waals surface area contributed by atoms with Gasteiger partial charge >= 0.3 is 12.1 Å². The summed E-state index contributed by atoms with van der Waals surface area (Å²) in [5, 5.41) is 1.72. The molecule has 1 rings (SSSR count). The monoisotopic (exact) mass is 251 g/mol. The van der Waals surface area contributed by atoms with Gasteiger partial charge in [-0.15, -0.1) is 0 Å². The highest BCUT2D eigenvalue weighted by Gasteiger charge is 2.39. The molecule has 1 N–H and O–H groups in total. The molecule has 1 aliphatic carbocycles. The van der Waals surface area contributed by atoms with Crippen molar-refractivity contribution < 1.29 is 22.8 Å². The second kappa shape index (κ2) is 6.02. The zero-order valence-corrected chi connectivity index (χ0v) is 9.43. The van der Waals surface area contributed by atoms with Crippen molar-refractivity contribution in [2.24, 2.45) is 5.92 Å². The molecule has 98 valence electrons. The molecule has 1 saturated carbocycles. The van der Waals surface area contributed by atoms with E-state index in [2.05, 4.69) is 0 Å². The summed E-state index contributed by atoms with van der Waals surface area (Å²) in [6.45, 7) is 0. The van der Waals surface area contributed by atoms with Crippen LogP contribution in [0, 0.1) is 5.92 Å². The molecule has 17 heavy (non-hydrogen) atoms. The Hall–Kier alpha value is -1.07. The number of alkyl halides is 3. The molecule has 0 saturated heterocycles. The number of carbonyl (C=O) groups is 2. The number of hydrogen-bond donors (Lipinski definition) is 1. The Morgan fingerprint density at radius 2 is 1.88 bits per heavy atom. The number of hydrogen-bond acceptors (Lipinski definition) is 2. The third-order valence-corrected chi connectivity index (χ3v) is 3.05. The smallest absolute Gasteiger partial charge is 0.339 e. The number of amides is 1. The average molecular weight is 251 g/mol. The Morgan fingerprint density at radius 3 is 2.35 bits per heavy atom. The summed E-state index contributed by atoms with van der Waals surface area (Å²) in [6, 6.07) is -1.02. The van der Waals surface area contributed by atoms with E-state index >= 15 is 0 Å². The fourth-order valence-corrected chi connectivity index (χ4v) is 2.18. The van der Waals surface area contributed by atoms with Crippen molar-refractivity contribution in [3.8, 4) is 0 Å². The fraction of sp³-hybridized carbons (Fsp3) is 0.818. The van der Waals surface area contributed by atoms with Gasteiger partial charge in [-0.1, -0.05) is 32.1 Å². The first-order valence-corrected chi connectivity index (χ1v) is 5.76. The van der Waals surface area contributed by atoms with E-state index in [4.69, 9.17) is 0 Å². The van der Waals surface area contributed by atoms with Gasteiger partial charge in [0.05, 0.1) is 6.04 Å². The van der Waals surface area contributed by atoms with Crippen LogP contribution < -0.4 is 5.32 Å². The topological polar surface area (TPSA) is 46.2 Å². The molecule has 0 radical (unpaired) electrons. The van der Waals surface area contributed by atoms with Crippen molar-refractivity contribution in [2.45, 2.75) is 50.7 Å². The van der Waals surface area contributed by atoms with E-state index < -0.39 is 18.1 Å². The van der Waals surface area contributed by atoms with Gasteiger partial charge in [0.1, 0.15) is 6.29 Å². The fourth-order valence-electron chi connectivity index (χ4n) is 2.18. The van der Waals surface area contributed by atoms with E-state index in [0.717, 1.165) is 32.1 Å². The lowest BCUT2D eigenvalue weighted by Crippen LogP contribution is -2.44. The van der Waals surface area contributed by atoms with Crippen LogP contribution >= 0.6 is 0 Å². The molecular formula is C11H16F3NO2. The van der Waals surface area contributed by atoms with Gasteiger partial charge in [-0.3, -0.25) is 4.79 Å². The standard InChI is InChI=1S/C11H16F3NO2/c12-11(13,14)10(17)15-9(7-16)6-8-4-2-1-3-5-8/h7-9H,1-6H2,(H,15,17)/t9-/m0/s1. The molecule has 1 atom stereocenters. The zero-order valence-electron chi connectivity index (χ0n) is 9.43. The first-order valence-electron chi connectivity index (χ1n) is 5.76. The summed E-state index contributed by atoms with van der Waals surface area (Å²) in [7, 11) is 0. The summed E-state index contributed by atoms with van der Waals surface area (Å²) >= 11 is 0. The van der Waals surface area contributed by atoms with Crippen LogP contribution in [0.15, 0.2) is 0 Å². The normalized spacial score (nSPS) is 19.7. The number of halogens is 3. The van der Waals surface area contributed by atoms with Crippen molar-refractivity contribution in [1.29, 1.82) is 0 Å². The van der Waals surface area contributed by atoms with Crippen molar-refractivity contribution in [1.82, 2.24) is 5.32 Å². The Labute approximate surface area is 97.8 Å². The van der Waals surface area contributed by atoms with Gasteiger partial charge in [-0.25, -0.2) is 0 Å². The average Bonchev–Trinajstić information content (AvgIpc) is 2.28. The van der Waals surface area contributed by atoms with Crippen LogP contribution in [-0.4, -0.2) is 24.4 Å². The van der Waals surface area contributed by atoms with Crippen LogP contribution in [0.1, 0.15) is 38.5 Å². The van der Waals surface area contributed by atoms with E-state index in [0.29, 0.717) is 12.7 Å². The van der Waals surface area contributed by atoms with Crippen LogP contribution in [0.5, 0.6) is 0 Å². The molecule has 0 aliphatic heterocycles. The van der Waals surface area contributed by atoms with Gasteiger partial charge in [0, 0.05) is 0 Å². The van der Waals surface area contributed by atoms with Gasteiger partial charge in [0.15, 0.2) is 0 Å². The first kappa shape index (κ1) is 14.0. The predicted molar refractivity (Wildman–Crippen MR) is 55.2 cm³/mol. The Morgan fingerprint density at radius 1 is 1.29 bits per heavy atom. The second-order valence-corrected chi connectivity index (χ2v) is 4.45. The molecule has 0 aromatic rings. The Balaban J connectivity index is 2.42. The highest BCUT2D eigenvalue weighted by atomic mass is 19.4. The third-order valence-electron chi connectivity index (χ3n) is 3.05. The molecule has 1 fully saturated rings. The summed E-state index contributed by atoms with van der Waals surface area (Å²) in [6.07, 6.45) is 0.847. The van der Waals surface area contributed by atoms with Crippen molar-refractivity contribution in [3.05, 3.63) is 0 Å². The number of nitrogens with one attached hydrogen (secondary N) is 1. The Kier molecular flexibility index (Phi) is 4.96. The Bertz CT molecular complexity index is 272. The molecule has 6 heteroatoms. The van der Waals surface area contributed by atoms with Gasteiger partial charge in [-0.05, 0) is 12.3 Å². The van der Waals surface area contributed by atoms with E-state index in [-0.39, 0.29) is 5.92 Å². The quantitative estimate of drug-likeness (QED) is 0.778. The number of rotatable bonds is 4. The molecule has 0 spiro atoms. The van der Waals surface area contributed by atoms with Gasteiger partial charge in [-0.2, -0.15) is 13.2 Å². The minimum Gasteiger partial charge on any atom is -0.339 e.